The number of ether oxygens (including phenoxy) is 1. The van der Waals surface area contributed by atoms with Crippen molar-refractivity contribution in [3.05, 3.63) is 95.3 Å². The van der Waals surface area contributed by atoms with E-state index in [-0.39, 0.29) is 34.9 Å². The summed E-state index contributed by atoms with van der Waals surface area (Å²) in [7, 11) is 1.49. The zero-order chi connectivity index (χ0) is 28.3. The van der Waals surface area contributed by atoms with Gasteiger partial charge in [-0.15, -0.1) is 10.2 Å². The Kier molecular flexibility index (Phi) is 7.78. The number of hydrogen-bond donors (Lipinski definition) is 1. The quantitative estimate of drug-likeness (QED) is 0.305. The lowest BCUT2D eigenvalue weighted by atomic mass is 10.2. The van der Waals surface area contributed by atoms with Crippen LogP contribution in [0.2, 0.25) is 0 Å². The van der Waals surface area contributed by atoms with Crippen LogP contribution in [0.5, 0.6) is 5.75 Å². The molecule has 0 bridgehead atoms. The summed E-state index contributed by atoms with van der Waals surface area (Å²) in [4.78, 5) is 27.5. The molecular formula is C28H24F3N5O3S. The first-order valence-corrected chi connectivity index (χ1v) is 13.3. The summed E-state index contributed by atoms with van der Waals surface area (Å²) in [6.07, 6.45) is -3.80. The van der Waals surface area contributed by atoms with Gasteiger partial charge in [-0.3, -0.25) is 14.2 Å². The highest BCUT2D eigenvalue weighted by Gasteiger charge is 2.31. The van der Waals surface area contributed by atoms with Crippen LogP contribution in [-0.4, -0.2) is 46.0 Å². The molecule has 0 fully saturated rings. The van der Waals surface area contributed by atoms with Crippen molar-refractivity contribution < 1.29 is 27.5 Å². The van der Waals surface area contributed by atoms with E-state index in [1.54, 1.807) is 29.2 Å². The van der Waals surface area contributed by atoms with E-state index < -0.39 is 17.6 Å². The third-order valence-electron chi connectivity index (χ3n) is 6.38. The molecule has 0 aliphatic carbocycles. The lowest BCUT2D eigenvalue weighted by molar-refractivity contribution is -0.137. The first kappa shape index (κ1) is 27.3. The van der Waals surface area contributed by atoms with Crippen LogP contribution in [-0.2, 0) is 23.9 Å². The summed E-state index contributed by atoms with van der Waals surface area (Å²) >= 11 is 1.07. The van der Waals surface area contributed by atoms with Crippen LogP contribution in [0.15, 0.2) is 78.0 Å². The Bertz CT molecular complexity index is 1560. The number of aromatic nitrogens is 3. The molecule has 8 nitrogen and oxygen atoms in total. The van der Waals surface area contributed by atoms with Gasteiger partial charge in [-0.25, -0.2) is 0 Å². The Morgan fingerprint density at radius 2 is 1.82 bits per heavy atom. The Morgan fingerprint density at radius 3 is 2.62 bits per heavy atom. The molecule has 40 heavy (non-hydrogen) atoms. The fraction of sp³-hybridized carbons (Fsp3) is 0.214. The summed E-state index contributed by atoms with van der Waals surface area (Å²) in [5.74, 6) is 0.138. The molecule has 3 aromatic carbocycles. The van der Waals surface area contributed by atoms with E-state index in [1.165, 1.54) is 23.8 Å². The van der Waals surface area contributed by atoms with E-state index in [0.717, 1.165) is 41.6 Å². The average molecular weight is 568 g/mol. The standard InChI is InChI=1S/C28H24F3N5O3S/c1-39-22-10-4-7-19(14-22)26(38)32-16-24-33-34-27(36(24)21-9-5-8-20(15-21)28(29,30)31)40-17-25(37)35-13-12-18-6-2-3-11-23(18)35/h2-11,14-15H,12-13,16-17H2,1H3,(H,32,38). The molecule has 2 amide bonds. The number of benzene rings is 3. The summed E-state index contributed by atoms with van der Waals surface area (Å²) < 4.78 is 47.1. The third-order valence-corrected chi connectivity index (χ3v) is 7.30. The van der Waals surface area contributed by atoms with Crippen molar-refractivity contribution >= 4 is 29.3 Å². The van der Waals surface area contributed by atoms with Gasteiger partial charge in [0, 0.05) is 17.8 Å². The second-order valence-electron chi connectivity index (χ2n) is 8.91. The van der Waals surface area contributed by atoms with Gasteiger partial charge in [0.15, 0.2) is 11.0 Å². The predicted molar refractivity (Wildman–Crippen MR) is 144 cm³/mol. The molecule has 5 rings (SSSR count). The van der Waals surface area contributed by atoms with E-state index in [9.17, 15) is 22.8 Å². The number of amides is 2. The van der Waals surface area contributed by atoms with Crippen molar-refractivity contribution in [1.82, 2.24) is 20.1 Å². The van der Waals surface area contributed by atoms with E-state index in [4.69, 9.17) is 4.74 Å². The monoisotopic (exact) mass is 567 g/mol. The van der Waals surface area contributed by atoms with Gasteiger partial charge in [-0.1, -0.05) is 42.1 Å². The predicted octanol–water partition coefficient (Wildman–Crippen LogP) is 4.91. The van der Waals surface area contributed by atoms with Crippen molar-refractivity contribution in [1.29, 1.82) is 0 Å². The number of rotatable bonds is 8. The van der Waals surface area contributed by atoms with Crippen molar-refractivity contribution in [2.45, 2.75) is 24.3 Å². The van der Waals surface area contributed by atoms with Gasteiger partial charge in [0.25, 0.3) is 5.91 Å². The lowest BCUT2D eigenvalue weighted by Gasteiger charge is -2.17. The summed E-state index contributed by atoms with van der Waals surface area (Å²) in [5.41, 5.74) is 1.60. The number of thioether (sulfide) groups is 1. The van der Waals surface area contributed by atoms with Gasteiger partial charge in [-0.05, 0) is 54.4 Å². The first-order chi connectivity index (χ1) is 19.2. The van der Waals surface area contributed by atoms with Crippen LogP contribution in [0.3, 0.4) is 0 Å². The van der Waals surface area contributed by atoms with E-state index in [0.29, 0.717) is 17.9 Å². The molecule has 1 aromatic heterocycles. The van der Waals surface area contributed by atoms with Gasteiger partial charge >= 0.3 is 6.18 Å². The highest BCUT2D eigenvalue weighted by atomic mass is 32.2. The SMILES string of the molecule is COc1cccc(C(=O)NCc2nnc(SCC(=O)N3CCc4ccccc43)n2-c2cccc(C(F)(F)F)c2)c1. The summed E-state index contributed by atoms with van der Waals surface area (Å²) in [6.45, 7) is 0.438. The number of para-hydroxylation sites is 1. The Hall–Kier alpha value is -4.32. The molecule has 0 atom stereocenters. The van der Waals surface area contributed by atoms with Crippen molar-refractivity contribution in [3.8, 4) is 11.4 Å². The molecule has 1 aliphatic rings. The normalized spacial score (nSPS) is 12.8. The van der Waals surface area contributed by atoms with E-state index in [1.807, 2.05) is 24.3 Å². The topological polar surface area (TPSA) is 89.3 Å². The maximum Gasteiger partial charge on any atom is 0.416 e. The molecular weight excluding hydrogens is 543 g/mol. The number of nitrogens with one attached hydrogen (secondary N) is 1. The van der Waals surface area contributed by atoms with Crippen LogP contribution in [0.1, 0.15) is 27.3 Å². The minimum Gasteiger partial charge on any atom is -0.497 e. The molecule has 1 aliphatic heterocycles. The second-order valence-corrected chi connectivity index (χ2v) is 9.85. The number of fused-ring (bicyclic) bond motifs is 1. The van der Waals surface area contributed by atoms with Gasteiger partial charge in [0.2, 0.25) is 5.91 Å². The minimum absolute atomic E-state index is 0.00159. The van der Waals surface area contributed by atoms with Crippen LogP contribution < -0.4 is 15.0 Å². The zero-order valence-corrected chi connectivity index (χ0v) is 22.1. The molecule has 12 heteroatoms. The van der Waals surface area contributed by atoms with Crippen LogP contribution in [0.25, 0.3) is 5.69 Å². The molecule has 0 radical (unpaired) electrons. The number of hydrogen-bond acceptors (Lipinski definition) is 6. The number of alkyl halides is 3. The number of carbonyl (C=O) groups is 2. The van der Waals surface area contributed by atoms with Crippen LogP contribution in [0.4, 0.5) is 18.9 Å². The number of methoxy groups -OCH3 is 1. The largest absolute Gasteiger partial charge is 0.497 e. The average Bonchev–Trinajstić information content (AvgIpc) is 3.58. The molecule has 0 spiro atoms. The van der Waals surface area contributed by atoms with Gasteiger partial charge in [0.1, 0.15) is 5.75 Å². The van der Waals surface area contributed by atoms with Crippen molar-refractivity contribution in [3.63, 3.8) is 0 Å². The highest BCUT2D eigenvalue weighted by Crippen LogP contribution is 2.32. The number of halogens is 3. The second kappa shape index (κ2) is 11.4. The van der Waals surface area contributed by atoms with Crippen LogP contribution in [0, 0.1) is 0 Å². The van der Waals surface area contributed by atoms with Crippen molar-refractivity contribution in [2.24, 2.45) is 0 Å². The Balaban J connectivity index is 1.39. The summed E-state index contributed by atoms with van der Waals surface area (Å²) in [5, 5.41) is 11.3. The first-order valence-electron chi connectivity index (χ1n) is 12.3. The van der Waals surface area contributed by atoms with E-state index in [2.05, 4.69) is 15.5 Å². The Labute approximate surface area is 232 Å². The third kappa shape index (κ3) is 5.81. The highest BCUT2D eigenvalue weighted by molar-refractivity contribution is 7.99. The fourth-order valence-electron chi connectivity index (χ4n) is 4.42. The Morgan fingerprint density at radius 1 is 1.02 bits per heavy atom. The number of nitrogens with zero attached hydrogens (tertiary/aromatic N) is 4. The van der Waals surface area contributed by atoms with Gasteiger partial charge in [0.05, 0.1) is 30.7 Å². The maximum atomic E-state index is 13.5. The smallest absolute Gasteiger partial charge is 0.416 e. The van der Waals surface area contributed by atoms with E-state index >= 15 is 0 Å². The number of carbonyl (C=O) groups excluding carboxylic acids is 2. The van der Waals surface area contributed by atoms with Gasteiger partial charge < -0.3 is 15.0 Å². The molecule has 0 saturated heterocycles. The number of anilines is 1. The molecule has 2 heterocycles. The summed E-state index contributed by atoms with van der Waals surface area (Å²) in [6, 6.07) is 18.9. The van der Waals surface area contributed by atoms with Gasteiger partial charge in [-0.2, -0.15) is 13.2 Å². The van der Waals surface area contributed by atoms with Crippen molar-refractivity contribution in [2.75, 3.05) is 24.3 Å². The lowest BCUT2D eigenvalue weighted by Crippen LogP contribution is -2.30. The molecule has 1 N–H and O–H groups in total. The molecule has 4 aromatic rings. The molecule has 0 unspecified atom stereocenters. The zero-order valence-electron chi connectivity index (χ0n) is 21.3. The molecule has 206 valence electrons. The van der Waals surface area contributed by atoms with Crippen LogP contribution >= 0.6 is 11.8 Å². The molecule has 0 saturated carbocycles. The minimum atomic E-state index is -4.56. The maximum absolute atomic E-state index is 13.5. The fourth-order valence-corrected chi connectivity index (χ4v) is 5.26.